The highest BCUT2D eigenvalue weighted by Gasteiger charge is 2.52. The summed E-state index contributed by atoms with van der Waals surface area (Å²) in [4.78, 5) is 0. The van der Waals surface area contributed by atoms with Crippen LogP contribution in [-0.2, 0) is 0 Å². The minimum atomic E-state index is -0.181. The summed E-state index contributed by atoms with van der Waals surface area (Å²) < 4.78 is 0. The zero-order valence-corrected chi connectivity index (χ0v) is 5.33. The molecule has 0 spiro atoms. The first-order valence-corrected chi connectivity index (χ1v) is 3.62. The second-order valence-corrected chi connectivity index (χ2v) is 3.33. The summed E-state index contributed by atoms with van der Waals surface area (Å²) in [6, 6.07) is 0. The van der Waals surface area contributed by atoms with Gasteiger partial charge in [0.25, 0.3) is 0 Å². The molecule has 0 aromatic rings. The summed E-state index contributed by atoms with van der Waals surface area (Å²) in [5, 5.41) is 18.1. The van der Waals surface area contributed by atoms with Crippen molar-refractivity contribution in [3.05, 3.63) is 0 Å². The molecule has 52 valence electrons. The fourth-order valence-corrected chi connectivity index (χ4v) is 2.02. The molecule has 2 rings (SSSR count). The molecular formula is C7H12O2. The van der Waals surface area contributed by atoms with Crippen LogP contribution in [-0.4, -0.2) is 22.9 Å². The van der Waals surface area contributed by atoms with Gasteiger partial charge < -0.3 is 10.2 Å². The molecule has 0 aliphatic heterocycles. The molecule has 4 atom stereocenters. The van der Waals surface area contributed by atoms with Crippen LogP contribution in [0.3, 0.4) is 0 Å². The van der Waals surface area contributed by atoms with Crippen LogP contribution in [0, 0.1) is 17.8 Å². The molecule has 2 heteroatoms. The zero-order valence-electron chi connectivity index (χ0n) is 5.33. The van der Waals surface area contributed by atoms with E-state index in [1.807, 2.05) is 0 Å². The van der Waals surface area contributed by atoms with Gasteiger partial charge in [-0.05, 0) is 24.7 Å². The van der Waals surface area contributed by atoms with E-state index in [0.717, 1.165) is 12.3 Å². The van der Waals surface area contributed by atoms with E-state index >= 15 is 0 Å². The van der Waals surface area contributed by atoms with Crippen molar-refractivity contribution >= 4 is 0 Å². The summed E-state index contributed by atoms with van der Waals surface area (Å²) in [7, 11) is 0. The van der Waals surface area contributed by atoms with E-state index < -0.39 is 0 Å². The Morgan fingerprint density at radius 2 is 2.11 bits per heavy atom. The van der Waals surface area contributed by atoms with Crippen LogP contribution in [0.15, 0.2) is 0 Å². The lowest BCUT2D eigenvalue weighted by Crippen LogP contribution is -2.20. The van der Waals surface area contributed by atoms with Crippen molar-refractivity contribution in [3.8, 4) is 0 Å². The molecule has 2 N–H and O–H groups in total. The molecule has 2 aliphatic carbocycles. The average Bonchev–Trinajstić information content (AvgIpc) is 2.55. The van der Waals surface area contributed by atoms with Gasteiger partial charge in [-0.15, -0.1) is 0 Å². The van der Waals surface area contributed by atoms with Crippen LogP contribution in [0.2, 0.25) is 0 Å². The molecule has 0 amide bonds. The van der Waals surface area contributed by atoms with E-state index in [4.69, 9.17) is 5.11 Å². The number of aliphatic hydroxyl groups excluding tert-OH is 2. The maximum Gasteiger partial charge on any atom is 0.0621 e. The van der Waals surface area contributed by atoms with Gasteiger partial charge in [-0.2, -0.15) is 0 Å². The van der Waals surface area contributed by atoms with Crippen molar-refractivity contribution in [3.63, 3.8) is 0 Å². The summed E-state index contributed by atoms with van der Waals surface area (Å²) in [6.07, 6.45) is 2.08. The van der Waals surface area contributed by atoms with E-state index in [1.54, 1.807) is 0 Å². The highest BCUT2D eigenvalue weighted by atomic mass is 16.3. The van der Waals surface area contributed by atoms with Crippen molar-refractivity contribution in [2.45, 2.75) is 18.9 Å². The summed E-state index contributed by atoms with van der Waals surface area (Å²) in [5.74, 6) is 1.52. The Bertz CT molecular complexity index is 124. The van der Waals surface area contributed by atoms with Gasteiger partial charge in [-0.3, -0.25) is 0 Å². The van der Waals surface area contributed by atoms with Crippen molar-refractivity contribution in [2.75, 3.05) is 6.61 Å². The standard InChI is InChI=1S/C7H12O2/c8-3-5-1-4-2-6(4)7(5)9/h4-9H,1-3H2/t4-,5-,6+,7+/m1/s1. The highest BCUT2D eigenvalue weighted by Crippen LogP contribution is 2.54. The van der Waals surface area contributed by atoms with Crippen LogP contribution >= 0.6 is 0 Å². The molecule has 0 unspecified atom stereocenters. The first-order valence-electron chi connectivity index (χ1n) is 3.62. The Hall–Kier alpha value is -0.0800. The highest BCUT2D eigenvalue weighted by molar-refractivity contribution is 5.01. The Balaban J connectivity index is 1.99. The van der Waals surface area contributed by atoms with E-state index in [9.17, 15) is 5.11 Å². The normalized spacial score (nSPS) is 55.3. The quantitative estimate of drug-likeness (QED) is 0.521. The van der Waals surface area contributed by atoms with Crippen molar-refractivity contribution < 1.29 is 10.2 Å². The molecule has 9 heavy (non-hydrogen) atoms. The largest absolute Gasteiger partial charge is 0.396 e. The summed E-state index contributed by atoms with van der Waals surface area (Å²) in [6.45, 7) is 0.175. The van der Waals surface area contributed by atoms with E-state index in [1.165, 1.54) is 6.42 Å². The Labute approximate surface area is 54.5 Å². The SMILES string of the molecule is OC[C@H]1C[C@@H]2C[C@@H]2[C@H]1O. The predicted molar refractivity (Wildman–Crippen MR) is 32.8 cm³/mol. The molecule has 2 nitrogen and oxygen atoms in total. The minimum Gasteiger partial charge on any atom is -0.396 e. The van der Waals surface area contributed by atoms with Gasteiger partial charge in [-0.1, -0.05) is 0 Å². The molecule has 0 radical (unpaired) electrons. The third-order valence-corrected chi connectivity index (χ3v) is 2.74. The topological polar surface area (TPSA) is 40.5 Å². The van der Waals surface area contributed by atoms with Gasteiger partial charge in [0.1, 0.15) is 0 Å². The van der Waals surface area contributed by atoms with Gasteiger partial charge in [0.2, 0.25) is 0 Å². The lowest BCUT2D eigenvalue weighted by molar-refractivity contribution is 0.0706. The summed E-state index contributed by atoms with van der Waals surface area (Å²) in [5.41, 5.74) is 0. The lowest BCUT2D eigenvalue weighted by Gasteiger charge is -2.13. The fraction of sp³-hybridized carbons (Fsp3) is 1.00. The number of hydrogen-bond acceptors (Lipinski definition) is 2. The van der Waals surface area contributed by atoms with Crippen LogP contribution in [0.5, 0.6) is 0 Å². The molecule has 2 fully saturated rings. The molecule has 0 saturated heterocycles. The smallest absolute Gasteiger partial charge is 0.0621 e. The monoisotopic (exact) mass is 128 g/mol. The second kappa shape index (κ2) is 1.70. The van der Waals surface area contributed by atoms with Crippen molar-refractivity contribution in [2.24, 2.45) is 17.8 Å². The first kappa shape index (κ1) is 5.69. The molecule has 0 bridgehead atoms. The minimum absolute atomic E-state index is 0.175. The zero-order chi connectivity index (χ0) is 6.43. The Morgan fingerprint density at radius 1 is 1.33 bits per heavy atom. The van der Waals surface area contributed by atoms with Crippen molar-refractivity contribution in [1.82, 2.24) is 0 Å². The molecule has 0 aromatic heterocycles. The summed E-state index contributed by atoms with van der Waals surface area (Å²) >= 11 is 0. The van der Waals surface area contributed by atoms with Crippen molar-refractivity contribution in [1.29, 1.82) is 0 Å². The number of rotatable bonds is 1. The lowest BCUT2D eigenvalue weighted by atomic mass is 10.0. The van der Waals surface area contributed by atoms with Crippen LogP contribution in [0.4, 0.5) is 0 Å². The van der Waals surface area contributed by atoms with E-state index in [0.29, 0.717) is 5.92 Å². The first-order chi connectivity index (χ1) is 4.33. The predicted octanol–water partition coefficient (Wildman–Crippen LogP) is -0.00440. The third kappa shape index (κ3) is 0.700. The van der Waals surface area contributed by atoms with E-state index in [2.05, 4.69) is 0 Å². The van der Waals surface area contributed by atoms with Gasteiger partial charge >= 0.3 is 0 Å². The Morgan fingerprint density at radius 3 is 2.44 bits per heavy atom. The maximum atomic E-state index is 9.34. The number of aliphatic hydroxyl groups is 2. The van der Waals surface area contributed by atoms with Crippen LogP contribution < -0.4 is 0 Å². The molecule has 0 aromatic carbocycles. The molecule has 2 saturated carbocycles. The Kier molecular flexibility index (Phi) is 1.08. The molecule has 0 heterocycles. The van der Waals surface area contributed by atoms with Crippen LogP contribution in [0.25, 0.3) is 0 Å². The van der Waals surface area contributed by atoms with Gasteiger partial charge in [0, 0.05) is 12.5 Å². The fourth-order valence-electron chi connectivity index (χ4n) is 2.02. The third-order valence-electron chi connectivity index (χ3n) is 2.74. The number of hydrogen-bond donors (Lipinski definition) is 2. The van der Waals surface area contributed by atoms with Crippen LogP contribution in [0.1, 0.15) is 12.8 Å². The molecule has 2 aliphatic rings. The second-order valence-electron chi connectivity index (χ2n) is 3.33. The maximum absolute atomic E-state index is 9.34. The molecular weight excluding hydrogens is 116 g/mol. The van der Waals surface area contributed by atoms with Gasteiger partial charge in [-0.25, -0.2) is 0 Å². The number of fused-ring (bicyclic) bond motifs is 1. The van der Waals surface area contributed by atoms with Gasteiger partial charge in [0.05, 0.1) is 6.10 Å². The van der Waals surface area contributed by atoms with E-state index in [-0.39, 0.29) is 18.6 Å². The van der Waals surface area contributed by atoms with Gasteiger partial charge in [0.15, 0.2) is 0 Å². The average molecular weight is 128 g/mol.